The Labute approximate surface area is 114 Å². The van der Waals surface area contributed by atoms with Crippen molar-refractivity contribution in [1.82, 2.24) is 0 Å². The third-order valence-electron chi connectivity index (χ3n) is 2.82. The van der Waals surface area contributed by atoms with E-state index in [1.807, 2.05) is 0 Å². The fraction of sp³-hybridized carbons (Fsp3) is 0.846. The maximum atomic E-state index is 9.71. The van der Waals surface area contributed by atoms with Gasteiger partial charge in [0.1, 0.15) is 24.4 Å². The van der Waals surface area contributed by atoms with Gasteiger partial charge in [0.15, 0.2) is 5.79 Å². The van der Waals surface area contributed by atoms with Gasteiger partial charge in [-0.2, -0.15) is 0 Å². The van der Waals surface area contributed by atoms with E-state index in [2.05, 4.69) is 5.92 Å². The van der Waals surface area contributed by atoms with Gasteiger partial charge in [0.25, 0.3) is 0 Å². The number of hydrogen-bond acceptors (Lipinski definition) is 6. The Hall–Kier alpha value is -0.680. The Balaban J connectivity index is 5.01. The molecule has 112 valence electrons. The summed E-state index contributed by atoms with van der Waals surface area (Å²) in [5.74, 6) is 1.26. The molecular weight excluding hydrogens is 252 g/mol. The fourth-order valence-electron chi connectivity index (χ4n) is 1.66. The van der Waals surface area contributed by atoms with Crippen molar-refractivity contribution in [3.63, 3.8) is 0 Å². The lowest BCUT2D eigenvalue weighted by Crippen LogP contribution is -2.51. The molecule has 0 heterocycles. The lowest BCUT2D eigenvalue weighted by atomic mass is 10.0. The quantitative estimate of drug-likeness (QED) is 0.447. The predicted octanol–water partition coefficient (Wildman–Crippen LogP) is -0.229. The molecule has 6 nitrogen and oxygen atoms in total. The molecule has 2 N–H and O–H groups in total. The smallest absolute Gasteiger partial charge is 0.162 e. The van der Waals surface area contributed by atoms with Crippen LogP contribution in [0.1, 0.15) is 13.8 Å². The second kappa shape index (κ2) is 8.48. The van der Waals surface area contributed by atoms with E-state index in [9.17, 15) is 10.2 Å². The summed E-state index contributed by atoms with van der Waals surface area (Å²) in [5, 5.41) is 19.1. The first kappa shape index (κ1) is 18.3. The standard InChI is InChI=1S/C13H24O6/c1-7-9(15)11(16-4)12(17-5)10(8-14)19-13(2,3)18-6/h1,9-12,14-15H,8H2,2-6H3/t9?,10?,11?,12-/m0/s1. The second-order valence-corrected chi connectivity index (χ2v) is 4.45. The molecule has 0 saturated heterocycles. The van der Waals surface area contributed by atoms with E-state index < -0.39 is 30.2 Å². The van der Waals surface area contributed by atoms with Gasteiger partial charge in [-0.1, -0.05) is 5.92 Å². The minimum atomic E-state index is -1.17. The van der Waals surface area contributed by atoms with E-state index in [0.29, 0.717) is 0 Å². The molecule has 0 aliphatic heterocycles. The SMILES string of the molecule is C#CC(O)C(OC)[C@@H](OC)C(CO)OC(C)(C)OC. The van der Waals surface area contributed by atoms with Gasteiger partial charge in [-0.3, -0.25) is 0 Å². The second-order valence-electron chi connectivity index (χ2n) is 4.45. The molecule has 6 heteroatoms. The Kier molecular flexibility index (Phi) is 8.18. The highest BCUT2D eigenvalue weighted by molar-refractivity contribution is 5.01. The fourth-order valence-corrected chi connectivity index (χ4v) is 1.66. The van der Waals surface area contributed by atoms with Crippen LogP contribution in [0.25, 0.3) is 0 Å². The normalized spacial score (nSPS) is 18.4. The summed E-state index contributed by atoms with van der Waals surface area (Å²) in [6.07, 6.45) is 1.69. The zero-order valence-electron chi connectivity index (χ0n) is 12.1. The van der Waals surface area contributed by atoms with Crippen LogP contribution in [0.4, 0.5) is 0 Å². The first-order valence-electron chi connectivity index (χ1n) is 5.90. The minimum Gasteiger partial charge on any atom is -0.394 e. The minimum absolute atomic E-state index is 0.331. The summed E-state index contributed by atoms with van der Waals surface area (Å²) in [6.45, 7) is 3.06. The first-order valence-corrected chi connectivity index (χ1v) is 5.90. The number of ether oxygens (including phenoxy) is 4. The Morgan fingerprint density at radius 1 is 1.16 bits per heavy atom. The zero-order valence-corrected chi connectivity index (χ0v) is 12.1. The van der Waals surface area contributed by atoms with Crippen LogP contribution in [0.2, 0.25) is 0 Å². The largest absolute Gasteiger partial charge is 0.394 e. The lowest BCUT2D eigenvalue weighted by Gasteiger charge is -2.36. The summed E-state index contributed by atoms with van der Waals surface area (Å²) in [4.78, 5) is 0. The van der Waals surface area contributed by atoms with Crippen molar-refractivity contribution in [3.05, 3.63) is 0 Å². The van der Waals surface area contributed by atoms with Gasteiger partial charge >= 0.3 is 0 Å². The van der Waals surface area contributed by atoms with Crippen molar-refractivity contribution < 1.29 is 29.2 Å². The summed E-state index contributed by atoms with van der Waals surface area (Å²) < 4.78 is 21.1. The van der Waals surface area contributed by atoms with Crippen molar-refractivity contribution in [3.8, 4) is 12.3 Å². The van der Waals surface area contributed by atoms with Gasteiger partial charge in [-0.15, -0.1) is 6.42 Å². The van der Waals surface area contributed by atoms with E-state index in [0.717, 1.165) is 0 Å². The van der Waals surface area contributed by atoms with Crippen molar-refractivity contribution in [1.29, 1.82) is 0 Å². The predicted molar refractivity (Wildman–Crippen MR) is 69.5 cm³/mol. The van der Waals surface area contributed by atoms with Crippen LogP contribution in [0, 0.1) is 12.3 Å². The molecule has 0 aromatic heterocycles. The van der Waals surface area contributed by atoms with Gasteiger partial charge in [0.2, 0.25) is 0 Å². The van der Waals surface area contributed by atoms with Crippen molar-refractivity contribution in [2.75, 3.05) is 27.9 Å². The number of hydrogen-bond donors (Lipinski definition) is 2. The average Bonchev–Trinajstić information content (AvgIpc) is 2.41. The van der Waals surface area contributed by atoms with Crippen LogP contribution in [0.3, 0.4) is 0 Å². The summed E-state index contributed by atoms with van der Waals surface area (Å²) >= 11 is 0. The molecule has 0 aliphatic carbocycles. The van der Waals surface area contributed by atoms with Gasteiger partial charge in [0, 0.05) is 21.3 Å². The van der Waals surface area contributed by atoms with Gasteiger partial charge < -0.3 is 29.2 Å². The average molecular weight is 276 g/mol. The highest BCUT2D eigenvalue weighted by Crippen LogP contribution is 2.20. The van der Waals surface area contributed by atoms with Crippen molar-refractivity contribution in [2.24, 2.45) is 0 Å². The van der Waals surface area contributed by atoms with E-state index in [1.54, 1.807) is 13.8 Å². The Bertz CT molecular complexity index is 285. The first-order chi connectivity index (χ1) is 8.86. The Morgan fingerprint density at radius 2 is 1.68 bits per heavy atom. The molecule has 0 saturated carbocycles. The number of aliphatic hydroxyl groups is 2. The summed E-state index contributed by atoms with van der Waals surface area (Å²) in [5.41, 5.74) is 0. The maximum Gasteiger partial charge on any atom is 0.162 e. The van der Waals surface area contributed by atoms with E-state index in [1.165, 1.54) is 21.3 Å². The van der Waals surface area contributed by atoms with E-state index >= 15 is 0 Å². The maximum absolute atomic E-state index is 9.71. The molecular formula is C13H24O6. The molecule has 0 aromatic carbocycles. The van der Waals surface area contributed by atoms with Crippen molar-refractivity contribution in [2.45, 2.75) is 44.1 Å². The lowest BCUT2D eigenvalue weighted by molar-refractivity contribution is -0.261. The third kappa shape index (κ3) is 5.45. The van der Waals surface area contributed by atoms with Crippen molar-refractivity contribution >= 4 is 0 Å². The molecule has 0 aromatic rings. The molecule has 0 spiro atoms. The van der Waals surface area contributed by atoms with Gasteiger partial charge in [0.05, 0.1) is 6.61 Å². The van der Waals surface area contributed by atoms with Crippen LogP contribution in [-0.2, 0) is 18.9 Å². The monoisotopic (exact) mass is 276 g/mol. The van der Waals surface area contributed by atoms with Crippen LogP contribution in [-0.4, -0.2) is 68.4 Å². The molecule has 0 bridgehead atoms. The molecule has 0 amide bonds. The number of methoxy groups -OCH3 is 3. The Morgan fingerprint density at radius 3 is 2.00 bits per heavy atom. The highest BCUT2D eigenvalue weighted by atomic mass is 16.7. The van der Waals surface area contributed by atoms with Crippen LogP contribution >= 0.6 is 0 Å². The number of terminal acetylenes is 1. The zero-order chi connectivity index (χ0) is 15.1. The molecule has 0 fully saturated rings. The van der Waals surface area contributed by atoms with E-state index in [4.69, 9.17) is 25.4 Å². The molecule has 0 rings (SSSR count). The highest BCUT2D eigenvalue weighted by Gasteiger charge is 2.37. The molecule has 0 aliphatic rings. The molecule has 4 atom stereocenters. The molecule has 3 unspecified atom stereocenters. The van der Waals surface area contributed by atoms with E-state index in [-0.39, 0.29) is 6.61 Å². The van der Waals surface area contributed by atoms with Crippen LogP contribution < -0.4 is 0 Å². The molecule has 19 heavy (non-hydrogen) atoms. The van der Waals surface area contributed by atoms with Crippen LogP contribution in [0.5, 0.6) is 0 Å². The van der Waals surface area contributed by atoms with Crippen LogP contribution in [0.15, 0.2) is 0 Å². The van der Waals surface area contributed by atoms with Gasteiger partial charge in [-0.25, -0.2) is 0 Å². The third-order valence-corrected chi connectivity index (χ3v) is 2.82. The number of rotatable bonds is 9. The summed E-state index contributed by atoms with van der Waals surface area (Å²) in [6, 6.07) is 0. The summed E-state index contributed by atoms with van der Waals surface area (Å²) in [7, 11) is 4.30. The number of aliphatic hydroxyl groups excluding tert-OH is 2. The van der Waals surface area contributed by atoms with Gasteiger partial charge in [-0.05, 0) is 13.8 Å². The topological polar surface area (TPSA) is 77.4 Å². The molecule has 0 radical (unpaired) electrons.